The number of nitrogens with one attached hydrogen (secondary N) is 1. The van der Waals surface area contributed by atoms with Gasteiger partial charge in [0.2, 0.25) is 5.82 Å². The molecule has 8 heteroatoms. The van der Waals surface area contributed by atoms with Crippen LogP contribution >= 0.6 is 11.3 Å². The zero-order chi connectivity index (χ0) is 17.9. The molecule has 5 rings (SSSR count). The number of quaternary nitrogens is 2. The van der Waals surface area contributed by atoms with Crippen molar-refractivity contribution in [2.45, 2.75) is 45.9 Å². The second kappa shape index (κ2) is 5.95. The van der Waals surface area contributed by atoms with E-state index in [0.717, 1.165) is 35.1 Å². The van der Waals surface area contributed by atoms with E-state index >= 15 is 0 Å². The van der Waals surface area contributed by atoms with E-state index in [2.05, 4.69) is 19.2 Å². The van der Waals surface area contributed by atoms with Gasteiger partial charge in [-0.25, -0.2) is 9.97 Å². The topological polar surface area (TPSA) is 73.4 Å². The average molecular weight is 375 g/mol. The summed E-state index contributed by atoms with van der Waals surface area (Å²) in [5.74, 6) is 1.84. The lowest BCUT2D eigenvalue weighted by molar-refractivity contribution is -0.958. The van der Waals surface area contributed by atoms with Crippen molar-refractivity contribution < 1.29 is 15.0 Å². The fraction of sp³-hybridized carbons (Fsp3) is 0.611. The molecule has 7 nitrogen and oxygen atoms in total. The Hall–Kier alpha value is -1.61. The van der Waals surface area contributed by atoms with Crippen LogP contribution in [-0.4, -0.2) is 51.4 Å². The molecule has 1 fully saturated rings. The van der Waals surface area contributed by atoms with Crippen LogP contribution in [0.2, 0.25) is 0 Å². The zero-order valence-electron chi connectivity index (χ0n) is 15.6. The molecule has 0 amide bonds. The van der Waals surface area contributed by atoms with Crippen LogP contribution in [0.4, 0.5) is 0 Å². The van der Waals surface area contributed by atoms with Gasteiger partial charge >= 0.3 is 0 Å². The van der Waals surface area contributed by atoms with Crippen LogP contribution in [0.25, 0.3) is 15.9 Å². The van der Waals surface area contributed by atoms with Gasteiger partial charge in [-0.05, 0) is 26.3 Å². The number of thiophene rings is 1. The van der Waals surface area contributed by atoms with Crippen LogP contribution in [0, 0.1) is 6.92 Å². The van der Waals surface area contributed by atoms with Gasteiger partial charge in [0.15, 0.2) is 5.65 Å². The van der Waals surface area contributed by atoms with Crippen molar-refractivity contribution in [1.29, 1.82) is 0 Å². The molecule has 0 saturated carbocycles. The Bertz CT molecular complexity index is 985. The summed E-state index contributed by atoms with van der Waals surface area (Å²) in [7, 11) is 0. The molecule has 3 aromatic heterocycles. The maximum absolute atomic E-state index is 6.00. The number of nitrogens with two attached hydrogens (primary N) is 1. The molecule has 138 valence electrons. The standard InChI is InChI=1S/C18H24N6OS/c1-11-20-17-15(12-8-18(2,3)25-10-13(12)26-17)16-21-14(22-24(11)16)9-23-6-4-19-5-7-23/h19H,4-10H2,1-3H3/p+2. The summed E-state index contributed by atoms with van der Waals surface area (Å²) in [4.78, 5) is 13.7. The molecule has 0 radical (unpaired) electrons. The third-order valence-corrected chi connectivity index (χ3v) is 6.62. The van der Waals surface area contributed by atoms with Gasteiger partial charge in [0.1, 0.15) is 43.4 Å². The normalized spacial score (nSPS) is 20.7. The van der Waals surface area contributed by atoms with Crippen molar-refractivity contribution in [1.82, 2.24) is 19.6 Å². The molecule has 0 bridgehead atoms. The van der Waals surface area contributed by atoms with Gasteiger partial charge in [-0.1, -0.05) is 0 Å². The number of nitrogens with zero attached hydrogens (tertiary/aromatic N) is 4. The highest BCUT2D eigenvalue weighted by Crippen LogP contribution is 2.39. The first-order chi connectivity index (χ1) is 12.5. The zero-order valence-corrected chi connectivity index (χ0v) is 16.4. The van der Waals surface area contributed by atoms with E-state index in [-0.39, 0.29) is 5.60 Å². The highest BCUT2D eigenvalue weighted by Gasteiger charge is 2.31. The first-order valence-corrected chi connectivity index (χ1v) is 10.3. The number of ether oxygens (including phenoxy) is 1. The molecule has 0 spiro atoms. The fourth-order valence-corrected chi connectivity index (χ4v) is 5.28. The van der Waals surface area contributed by atoms with Crippen LogP contribution in [0.1, 0.15) is 35.9 Å². The number of fused-ring (bicyclic) bond motifs is 5. The van der Waals surface area contributed by atoms with Gasteiger partial charge in [-0.3, -0.25) is 0 Å². The predicted molar refractivity (Wildman–Crippen MR) is 99.5 cm³/mol. The van der Waals surface area contributed by atoms with Gasteiger partial charge in [-0.2, -0.15) is 4.52 Å². The third-order valence-electron chi connectivity index (χ3n) is 5.53. The Morgan fingerprint density at radius 2 is 2.08 bits per heavy atom. The molecule has 2 aliphatic rings. The molecule has 3 aromatic rings. The second-order valence-corrected chi connectivity index (χ2v) is 9.21. The molecule has 1 saturated heterocycles. The van der Waals surface area contributed by atoms with Crippen molar-refractivity contribution >= 4 is 27.2 Å². The Morgan fingerprint density at radius 1 is 1.27 bits per heavy atom. The molecule has 5 heterocycles. The van der Waals surface area contributed by atoms with E-state index in [4.69, 9.17) is 19.8 Å². The van der Waals surface area contributed by atoms with Crippen LogP contribution in [0.15, 0.2) is 0 Å². The molecule has 26 heavy (non-hydrogen) atoms. The van der Waals surface area contributed by atoms with Gasteiger partial charge < -0.3 is 15.0 Å². The monoisotopic (exact) mass is 374 g/mol. The SMILES string of the molecule is Cc1nc2sc3c(c2c2nc(C[NH+]4CC[NH2+]CC4)nn12)CC(C)(C)OC3. The maximum atomic E-state index is 6.00. The van der Waals surface area contributed by atoms with Gasteiger partial charge in [0, 0.05) is 11.3 Å². The lowest BCUT2D eigenvalue weighted by Crippen LogP contribution is -3.19. The molecule has 0 atom stereocenters. The molecular formula is C18H26N6OS+2. The minimum atomic E-state index is -0.139. The van der Waals surface area contributed by atoms with Gasteiger partial charge in [0.05, 0.1) is 17.6 Å². The van der Waals surface area contributed by atoms with Crippen LogP contribution in [0.5, 0.6) is 0 Å². The molecular weight excluding hydrogens is 348 g/mol. The van der Waals surface area contributed by atoms with E-state index in [0.29, 0.717) is 6.61 Å². The highest BCUT2D eigenvalue weighted by molar-refractivity contribution is 7.19. The summed E-state index contributed by atoms with van der Waals surface area (Å²) in [6, 6.07) is 0. The summed E-state index contributed by atoms with van der Waals surface area (Å²) in [6.45, 7) is 12.7. The Balaban J connectivity index is 1.63. The summed E-state index contributed by atoms with van der Waals surface area (Å²) >= 11 is 1.75. The lowest BCUT2D eigenvalue weighted by Gasteiger charge is -2.30. The summed E-state index contributed by atoms with van der Waals surface area (Å²) in [5.41, 5.74) is 2.19. The average Bonchev–Trinajstić information content (AvgIpc) is 3.16. The van der Waals surface area contributed by atoms with Crippen molar-refractivity contribution in [2.75, 3.05) is 26.2 Å². The van der Waals surface area contributed by atoms with Crippen molar-refractivity contribution in [3.05, 3.63) is 22.1 Å². The maximum Gasteiger partial charge on any atom is 0.206 e. The highest BCUT2D eigenvalue weighted by atomic mass is 32.1. The van der Waals surface area contributed by atoms with E-state index in [1.165, 1.54) is 42.0 Å². The van der Waals surface area contributed by atoms with E-state index in [1.807, 2.05) is 11.4 Å². The predicted octanol–water partition coefficient (Wildman–Crippen LogP) is -0.539. The van der Waals surface area contributed by atoms with E-state index < -0.39 is 0 Å². The Morgan fingerprint density at radius 3 is 2.88 bits per heavy atom. The fourth-order valence-electron chi connectivity index (χ4n) is 4.14. The minimum Gasteiger partial charge on any atom is -0.370 e. The van der Waals surface area contributed by atoms with Gasteiger partial charge in [0.25, 0.3) is 0 Å². The summed E-state index contributed by atoms with van der Waals surface area (Å²) < 4.78 is 7.95. The Labute approximate surface area is 156 Å². The quantitative estimate of drug-likeness (QED) is 0.632. The Kier molecular flexibility index (Phi) is 3.79. The molecule has 0 unspecified atom stereocenters. The number of aromatic nitrogens is 4. The molecule has 3 N–H and O–H groups in total. The first-order valence-electron chi connectivity index (χ1n) is 9.46. The van der Waals surface area contributed by atoms with Crippen LogP contribution < -0.4 is 10.2 Å². The third kappa shape index (κ3) is 2.72. The van der Waals surface area contributed by atoms with E-state index in [1.54, 1.807) is 16.2 Å². The van der Waals surface area contributed by atoms with Crippen LogP contribution in [-0.2, 0) is 24.3 Å². The summed E-state index contributed by atoms with van der Waals surface area (Å²) in [6.07, 6.45) is 0.901. The van der Waals surface area contributed by atoms with E-state index in [9.17, 15) is 0 Å². The van der Waals surface area contributed by atoms with Crippen molar-refractivity contribution in [3.63, 3.8) is 0 Å². The number of rotatable bonds is 2. The van der Waals surface area contributed by atoms with Gasteiger partial charge in [-0.15, -0.1) is 16.4 Å². The molecule has 2 aliphatic heterocycles. The molecule has 0 aliphatic carbocycles. The number of hydrogen-bond acceptors (Lipinski definition) is 5. The number of hydrogen-bond donors (Lipinski definition) is 2. The second-order valence-electron chi connectivity index (χ2n) is 8.12. The van der Waals surface area contributed by atoms with Crippen molar-refractivity contribution in [3.8, 4) is 0 Å². The first kappa shape index (κ1) is 16.6. The van der Waals surface area contributed by atoms with Crippen molar-refractivity contribution in [2.24, 2.45) is 0 Å². The number of piperazine rings is 1. The smallest absolute Gasteiger partial charge is 0.206 e. The molecule has 0 aromatic carbocycles. The minimum absolute atomic E-state index is 0.139. The largest absolute Gasteiger partial charge is 0.370 e. The van der Waals surface area contributed by atoms with Crippen LogP contribution in [0.3, 0.4) is 0 Å². The lowest BCUT2D eigenvalue weighted by atomic mass is 9.94. The summed E-state index contributed by atoms with van der Waals surface area (Å²) in [5, 5.41) is 8.38. The number of aryl methyl sites for hydroxylation is 1.